The molecule has 62 heavy (non-hydrogen) atoms. The standard InChI is InChI=1S/C47H53N7O7S/c1-30-14-17-47(56,18-15-30)27-50-40-13-11-36(23-42(40)54(57)58)62(59,60)51-45(55)39-12-10-33(22-43(39)61-35-21-32-16-19-48-44(32)49-26-35)52-28-46(29-52)24-34(25-46)53-20-4-7-41(53)38-6-3-2-5-37(38)31-8-9-31/h2-3,5-6,10-13,16,19,21-23,26,30-31,34,41,50,56H,4,7-9,14-15,17-18,20,24-25,27-29H2,1H3,(H,48,49)(H,51,55)/t30-,41-,47-/m0/s1. The smallest absolute Gasteiger partial charge is 0.293 e. The number of aromatic amines is 1. The number of amides is 1. The fourth-order valence-electron chi connectivity index (χ4n) is 10.6. The molecule has 4 N–H and O–H groups in total. The lowest BCUT2D eigenvalue weighted by Crippen LogP contribution is -2.66. The van der Waals surface area contributed by atoms with E-state index in [0.717, 1.165) is 68.4 Å². The maximum absolute atomic E-state index is 13.9. The Morgan fingerprint density at radius 2 is 1.77 bits per heavy atom. The number of carbonyl (C=O) groups is 1. The Balaban J connectivity index is 0.847. The Hall–Kier alpha value is -5.51. The normalized spacial score (nSPS) is 23.8. The number of carbonyl (C=O) groups excluding carboxylic acids is 1. The van der Waals surface area contributed by atoms with E-state index in [0.29, 0.717) is 42.2 Å². The van der Waals surface area contributed by atoms with E-state index in [2.05, 4.69) is 61.0 Å². The molecular formula is C47H53N7O7S. The number of anilines is 2. The van der Waals surface area contributed by atoms with Crippen molar-refractivity contribution in [3.63, 3.8) is 0 Å². The second-order valence-electron chi connectivity index (χ2n) is 18.7. The van der Waals surface area contributed by atoms with Crippen molar-refractivity contribution in [2.24, 2.45) is 11.3 Å². The van der Waals surface area contributed by atoms with Crippen LogP contribution in [0.5, 0.6) is 11.5 Å². The molecule has 10 rings (SSSR count). The lowest BCUT2D eigenvalue weighted by atomic mass is 9.60. The topological polar surface area (TPSA) is 183 Å². The minimum atomic E-state index is -4.58. The molecule has 3 aromatic carbocycles. The number of rotatable bonds is 13. The second kappa shape index (κ2) is 15.7. The van der Waals surface area contributed by atoms with E-state index in [4.69, 9.17) is 4.74 Å². The zero-order valence-corrected chi connectivity index (χ0v) is 35.7. The van der Waals surface area contributed by atoms with Gasteiger partial charge in [0.1, 0.15) is 22.8 Å². The Bertz CT molecular complexity index is 2640. The van der Waals surface area contributed by atoms with Crippen molar-refractivity contribution in [1.82, 2.24) is 19.6 Å². The van der Waals surface area contributed by atoms with Gasteiger partial charge in [-0.2, -0.15) is 0 Å². The molecule has 2 saturated heterocycles. The van der Waals surface area contributed by atoms with Crippen LogP contribution in [0.4, 0.5) is 17.1 Å². The van der Waals surface area contributed by atoms with Crippen LogP contribution in [0.25, 0.3) is 11.0 Å². The number of likely N-dealkylation sites (tertiary alicyclic amines) is 1. The molecule has 2 aliphatic heterocycles. The van der Waals surface area contributed by atoms with E-state index in [-0.39, 0.29) is 29.0 Å². The van der Waals surface area contributed by atoms with Gasteiger partial charge in [0, 0.05) is 66.5 Å². The van der Waals surface area contributed by atoms with E-state index in [9.17, 15) is 28.4 Å². The minimum Gasteiger partial charge on any atom is -0.455 e. The number of fused-ring (bicyclic) bond motifs is 1. The molecular weight excluding hydrogens is 807 g/mol. The number of nitrogens with one attached hydrogen (secondary N) is 3. The molecule has 3 saturated carbocycles. The Kier molecular flexibility index (Phi) is 10.3. The van der Waals surface area contributed by atoms with Gasteiger partial charge in [0.05, 0.1) is 27.2 Å². The summed E-state index contributed by atoms with van der Waals surface area (Å²) in [5.74, 6) is 0.784. The summed E-state index contributed by atoms with van der Waals surface area (Å²) >= 11 is 0. The van der Waals surface area contributed by atoms with Crippen LogP contribution in [0, 0.1) is 21.4 Å². The number of aromatic nitrogens is 2. The van der Waals surface area contributed by atoms with Crippen LogP contribution in [0.3, 0.4) is 0 Å². The summed E-state index contributed by atoms with van der Waals surface area (Å²) in [7, 11) is -4.58. The Morgan fingerprint density at radius 3 is 2.53 bits per heavy atom. The van der Waals surface area contributed by atoms with Crippen LogP contribution < -0.4 is 19.7 Å². The second-order valence-corrected chi connectivity index (χ2v) is 20.4. The van der Waals surface area contributed by atoms with E-state index < -0.39 is 37.0 Å². The molecule has 3 aliphatic carbocycles. The van der Waals surface area contributed by atoms with Crippen LogP contribution >= 0.6 is 0 Å². The third kappa shape index (κ3) is 7.90. The predicted molar refractivity (Wildman–Crippen MR) is 236 cm³/mol. The molecule has 0 unspecified atom stereocenters. The third-order valence-corrected chi connectivity index (χ3v) is 15.5. The largest absolute Gasteiger partial charge is 0.455 e. The number of sulfonamides is 1. The maximum atomic E-state index is 13.9. The van der Waals surface area contributed by atoms with Crippen molar-refractivity contribution >= 4 is 44.0 Å². The van der Waals surface area contributed by atoms with Gasteiger partial charge in [-0.05, 0) is 130 Å². The zero-order valence-electron chi connectivity index (χ0n) is 34.9. The van der Waals surface area contributed by atoms with Gasteiger partial charge in [0.15, 0.2) is 0 Å². The average molecular weight is 860 g/mol. The summed E-state index contributed by atoms with van der Waals surface area (Å²) in [6.45, 7) is 5.10. The van der Waals surface area contributed by atoms with E-state index in [1.807, 2.05) is 12.1 Å². The molecule has 0 bridgehead atoms. The summed E-state index contributed by atoms with van der Waals surface area (Å²) in [5.41, 5.74) is 3.38. The van der Waals surface area contributed by atoms with Crippen LogP contribution in [0.2, 0.25) is 0 Å². The molecule has 5 aromatic rings. The number of nitro groups is 1. The molecule has 1 spiro atoms. The van der Waals surface area contributed by atoms with Crippen LogP contribution in [-0.4, -0.2) is 77.0 Å². The van der Waals surface area contributed by atoms with Crippen molar-refractivity contribution in [2.45, 2.75) is 99.6 Å². The van der Waals surface area contributed by atoms with Crippen molar-refractivity contribution in [3.05, 3.63) is 112 Å². The number of H-pyrrole nitrogens is 1. The Labute approximate surface area is 361 Å². The zero-order chi connectivity index (χ0) is 42.8. The number of hydrogen-bond donors (Lipinski definition) is 4. The summed E-state index contributed by atoms with van der Waals surface area (Å²) < 4.78 is 35.9. The summed E-state index contributed by atoms with van der Waals surface area (Å²) in [6.07, 6.45) is 13.5. The number of pyridine rings is 1. The number of nitro benzene ring substituents is 1. The highest BCUT2D eigenvalue weighted by atomic mass is 32.2. The van der Waals surface area contributed by atoms with Crippen LogP contribution in [0.15, 0.2) is 90.1 Å². The molecule has 5 aliphatic rings. The van der Waals surface area contributed by atoms with Crippen LogP contribution in [-0.2, 0) is 10.0 Å². The van der Waals surface area contributed by atoms with E-state index in [1.54, 1.807) is 30.0 Å². The van der Waals surface area contributed by atoms with Gasteiger partial charge in [0.2, 0.25) is 0 Å². The highest BCUT2D eigenvalue weighted by Gasteiger charge is 2.55. The summed E-state index contributed by atoms with van der Waals surface area (Å²) in [5, 5.41) is 27.0. The van der Waals surface area contributed by atoms with Gasteiger partial charge in [-0.3, -0.25) is 19.8 Å². The van der Waals surface area contributed by atoms with Crippen molar-refractivity contribution < 1.29 is 28.0 Å². The molecule has 0 radical (unpaired) electrons. The number of hydrogen-bond acceptors (Lipinski definition) is 11. The van der Waals surface area contributed by atoms with Gasteiger partial charge in [-0.15, -0.1) is 0 Å². The number of ether oxygens (including phenoxy) is 1. The highest BCUT2D eigenvalue weighted by Crippen LogP contribution is 2.55. The molecule has 1 amide bonds. The average Bonchev–Trinajstić information content (AvgIpc) is 3.78. The van der Waals surface area contributed by atoms with Crippen molar-refractivity contribution in [3.8, 4) is 11.5 Å². The first-order valence-corrected chi connectivity index (χ1v) is 23.5. The fraction of sp³-hybridized carbons (Fsp3) is 0.447. The van der Waals surface area contributed by atoms with Crippen molar-refractivity contribution in [1.29, 1.82) is 0 Å². The highest BCUT2D eigenvalue weighted by molar-refractivity contribution is 7.90. The number of aliphatic hydroxyl groups is 1. The summed E-state index contributed by atoms with van der Waals surface area (Å²) in [4.78, 5) is 37.5. The van der Waals surface area contributed by atoms with Gasteiger partial charge >= 0.3 is 0 Å². The molecule has 4 heterocycles. The Morgan fingerprint density at radius 1 is 1.00 bits per heavy atom. The molecule has 324 valence electrons. The third-order valence-electron chi connectivity index (χ3n) is 14.2. The molecule has 2 aromatic heterocycles. The summed E-state index contributed by atoms with van der Waals surface area (Å²) in [6, 6.07) is 22.3. The quantitative estimate of drug-likeness (QED) is 0.0659. The SMILES string of the molecule is C[C@H]1CC[C@@](O)(CNc2ccc(S(=O)(=O)NC(=O)c3ccc(N4CC5(CC(N6CCC[C@H]6c6ccccc6C6CC6)C5)C4)cc3Oc3cnc4[nH]ccc4c3)cc2[N+](=O)[O-])CC1. The van der Waals surface area contributed by atoms with E-state index >= 15 is 0 Å². The maximum Gasteiger partial charge on any atom is 0.293 e. The van der Waals surface area contributed by atoms with Gasteiger partial charge < -0.3 is 25.0 Å². The first-order chi connectivity index (χ1) is 29.8. The number of benzene rings is 3. The molecule has 5 fully saturated rings. The van der Waals surface area contributed by atoms with Gasteiger partial charge in [-0.25, -0.2) is 18.1 Å². The van der Waals surface area contributed by atoms with Gasteiger partial charge in [-0.1, -0.05) is 31.2 Å². The fourth-order valence-corrected chi connectivity index (χ4v) is 11.5. The lowest BCUT2D eigenvalue weighted by molar-refractivity contribution is -0.384. The van der Waals surface area contributed by atoms with Crippen molar-refractivity contribution in [2.75, 3.05) is 36.4 Å². The van der Waals surface area contributed by atoms with Crippen LogP contribution in [0.1, 0.15) is 105 Å². The first-order valence-electron chi connectivity index (χ1n) is 22.0. The lowest BCUT2D eigenvalue weighted by Gasteiger charge is -2.62. The molecule has 14 nitrogen and oxygen atoms in total. The molecule has 15 heteroatoms. The predicted octanol–water partition coefficient (Wildman–Crippen LogP) is 8.42. The first kappa shape index (κ1) is 40.6. The van der Waals surface area contributed by atoms with Gasteiger partial charge in [0.25, 0.3) is 21.6 Å². The number of nitrogens with zero attached hydrogens (tertiary/aromatic N) is 4. The van der Waals surface area contributed by atoms with E-state index in [1.165, 1.54) is 49.6 Å². The monoisotopic (exact) mass is 859 g/mol. The minimum absolute atomic E-state index is 0.0279. The molecule has 1 atom stereocenters.